The van der Waals surface area contributed by atoms with E-state index in [0.29, 0.717) is 6.42 Å². The van der Waals surface area contributed by atoms with Crippen LogP contribution in [0, 0.1) is 6.92 Å². The number of hydrogen-bond acceptors (Lipinski definition) is 3. The van der Waals surface area contributed by atoms with E-state index in [1.165, 1.54) is 4.90 Å². The van der Waals surface area contributed by atoms with Crippen LogP contribution < -0.4 is 10.1 Å². The van der Waals surface area contributed by atoms with Crippen molar-refractivity contribution in [2.75, 3.05) is 5.75 Å². The largest absolute Gasteiger partial charge is 0.487 e. The van der Waals surface area contributed by atoms with E-state index in [2.05, 4.69) is 44.3 Å². The average Bonchev–Trinajstić information content (AvgIpc) is 2.59. The summed E-state index contributed by atoms with van der Waals surface area (Å²) in [4.78, 5) is 13.7. The summed E-state index contributed by atoms with van der Waals surface area (Å²) >= 11 is 7.65. The lowest BCUT2D eigenvalue weighted by Crippen LogP contribution is -2.41. The number of thioether (sulfide) groups is 1. The van der Waals surface area contributed by atoms with Crippen LogP contribution in [-0.2, 0) is 4.79 Å². The number of carbonyl (C=O) groups is 1. The second-order valence-electron chi connectivity index (χ2n) is 7.63. The summed E-state index contributed by atoms with van der Waals surface area (Å²) in [5, 5.41) is 3.95. The molecule has 2 aromatic carbocycles. The van der Waals surface area contributed by atoms with Gasteiger partial charge in [-0.05, 0) is 68.8 Å². The first-order valence-electron chi connectivity index (χ1n) is 9.30. The molecule has 1 aliphatic rings. The van der Waals surface area contributed by atoms with Crippen LogP contribution in [0.3, 0.4) is 0 Å². The van der Waals surface area contributed by atoms with Gasteiger partial charge in [0.15, 0.2) is 0 Å². The fraction of sp³-hybridized carbons (Fsp3) is 0.409. The maximum atomic E-state index is 12.5. The Morgan fingerprint density at radius 1 is 1.26 bits per heavy atom. The van der Waals surface area contributed by atoms with Crippen LogP contribution >= 0.6 is 23.4 Å². The van der Waals surface area contributed by atoms with Crippen LogP contribution in [0.25, 0.3) is 0 Å². The maximum absolute atomic E-state index is 12.5. The van der Waals surface area contributed by atoms with Crippen molar-refractivity contribution in [2.45, 2.75) is 56.6 Å². The van der Waals surface area contributed by atoms with Crippen molar-refractivity contribution in [1.82, 2.24) is 5.32 Å². The second kappa shape index (κ2) is 8.57. The Morgan fingerprint density at radius 2 is 2.00 bits per heavy atom. The predicted octanol–water partition coefficient (Wildman–Crippen LogP) is 5.94. The molecule has 2 aromatic rings. The number of carbonyl (C=O) groups excluding carboxylic acids is 1. The Labute approximate surface area is 170 Å². The topological polar surface area (TPSA) is 38.3 Å². The predicted molar refractivity (Wildman–Crippen MR) is 113 cm³/mol. The van der Waals surface area contributed by atoms with Crippen molar-refractivity contribution in [3.05, 3.63) is 58.6 Å². The molecule has 1 heterocycles. The van der Waals surface area contributed by atoms with E-state index in [-0.39, 0.29) is 17.6 Å². The molecule has 0 saturated carbocycles. The van der Waals surface area contributed by atoms with Gasteiger partial charge in [-0.2, -0.15) is 0 Å². The lowest BCUT2D eigenvalue weighted by molar-refractivity contribution is -0.122. The number of hydrogen-bond donors (Lipinski definition) is 1. The number of amides is 1. The molecule has 0 bridgehead atoms. The Balaban J connectivity index is 1.52. The molecule has 0 spiro atoms. The van der Waals surface area contributed by atoms with Crippen molar-refractivity contribution < 1.29 is 9.53 Å². The average molecular weight is 404 g/mol. The molecule has 0 unspecified atom stereocenters. The molecule has 0 radical (unpaired) electrons. The first-order valence-corrected chi connectivity index (χ1v) is 10.7. The number of rotatable bonds is 6. The summed E-state index contributed by atoms with van der Waals surface area (Å²) in [6.07, 6.45) is 2.14. The third kappa shape index (κ3) is 5.66. The van der Waals surface area contributed by atoms with Gasteiger partial charge in [0.25, 0.3) is 0 Å². The van der Waals surface area contributed by atoms with Gasteiger partial charge in [0.05, 0.1) is 6.04 Å². The van der Waals surface area contributed by atoms with Crippen molar-refractivity contribution in [2.24, 2.45) is 0 Å². The summed E-state index contributed by atoms with van der Waals surface area (Å²) < 4.78 is 6.10. The zero-order valence-corrected chi connectivity index (χ0v) is 17.6. The molecule has 0 saturated heterocycles. The zero-order chi connectivity index (χ0) is 19.4. The number of fused-ring (bicyclic) bond motifs is 1. The monoisotopic (exact) mass is 403 g/mol. The molecule has 1 aliphatic heterocycles. The smallest absolute Gasteiger partial charge is 0.220 e. The minimum absolute atomic E-state index is 0.000711. The fourth-order valence-electron chi connectivity index (χ4n) is 3.31. The second-order valence-corrected chi connectivity index (χ2v) is 9.24. The number of halogens is 1. The zero-order valence-electron chi connectivity index (χ0n) is 16.0. The highest BCUT2D eigenvalue weighted by Crippen LogP contribution is 2.39. The Bertz CT molecular complexity index is 804. The molecule has 1 amide bonds. The number of benzene rings is 2. The van der Waals surface area contributed by atoms with Crippen LogP contribution in [-0.4, -0.2) is 17.3 Å². The molecule has 0 fully saturated rings. The highest BCUT2D eigenvalue weighted by molar-refractivity contribution is 7.99. The number of aryl methyl sites for hydroxylation is 1. The standard InChI is InChI=1S/C22H26ClNO2S/c1-15-6-11-18-19(14-22(2,3)26-20(18)13-15)24-21(25)5-4-12-27-17-9-7-16(23)8-10-17/h6-11,13,19H,4-5,12,14H2,1-3H3,(H,24,25)/t19-/m1/s1. The van der Waals surface area contributed by atoms with E-state index in [1.54, 1.807) is 11.8 Å². The van der Waals surface area contributed by atoms with Crippen LogP contribution in [0.15, 0.2) is 47.4 Å². The van der Waals surface area contributed by atoms with Gasteiger partial charge < -0.3 is 10.1 Å². The van der Waals surface area contributed by atoms with Gasteiger partial charge in [-0.3, -0.25) is 4.79 Å². The first kappa shape index (κ1) is 20.1. The van der Waals surface area contributed by atoms with E-state index in [1.807, 2.05) is 24.3 Å². The molecular formula is C22H26ClNO2S. The van der Waals surface area contributed by atoms with Crippen LogP contribution in [0.2, 0.25) is 5.02 Å². The lowest BCUT2D eigenvalue weighted by atomic mass is 9.89. The molecule has 144 valence electrons. The van der Waals surface area contributed by atoms with Crippen LogP contribution in [0.4, 0.5) is 0 Å². The van der Waals surface area contributed by atoms with Gasteiger partial charge in [-0.15, -0.1) is 11.8 Å². The summed E-state index contributed by atoms with van der Waals surface area (Å²) in [6.45, 7) is 6.19. The van der Waals surface area contributed by atoms with E-state index >= 15 is 0 Å². The van der Waals surface area contributed by atoms with Crippen LogP contribution in [0.5, 0.6) is 5.75 Å². The third-order valence-electron chi connectivity index (χ3n) is 4.59. The minimum atomic E-state index is -0.289. The normalized spacial score (nSPS) is 17.7. The fourth-order valence-corrected chi connectivity index (χ4v) is 4.29. The van der Waals surface area contributed by atoms with Gasteiger partial charge in [0.2, 0.25) is 5.91 Å². The Hall–Kier alpha value is -1.65. The maximum Gasteiger partial charge on any atom is 0.220 e. The van der Waals surface area contributed by atoms with Crippen molar-refractivity contribution >= 4 is 29.3 Å². The van der Waals surface area contributed by atoms with Crippen molar-refractivity contribution in [3.63, 3.8) is 0 Å². The van der Waals surface area contributed by atoms with Crippen molar-refractivity contribution in [1.29, 1.82) is 0 Å². The Kier molecular flexibility index (Phi) is 6.38. The van der Waals surface area contributed by atoms with Gasteiger partial charge in [0.1, 0.15) is 11.4 Å². The van der Waals surface area contributed by atoms with Gasteiger partial charge in [-0.25, -0.2) is 0 Å². The quantitative estimate of drug-likeness (QED) is 0.479. The summed E-state index contributed by atoms with van der Waals surface area (Å²) in [5.41, 5.74) is 1.95. The molecular weight excluding hydrogens is 378 g/mol. The molecule has 1 N–H and O–H groups in total. The first-order chi connectivity index (χ1) is 12.8. The highest BCUT2D eigenvalue weighted by atomic mass is 35.5. The molecule has 0 aromatic heterocycles. The molecule has 27 heavy (non-hydrogen) atoms. The number of ether oxygens (including phenoxy) is 1. The number of nitrogens with one attached hydrogen (secondary N) is 1. The summed E-state index contributed by atoms with van der Waals surface area (Å²) in [6, 6.07) is 14.0. The van der Waals surface area contributed by atoms with Gasteiger partial charge in [-0.1, -0.05) is 23.7 Å². The third-order valence-corrected chi connectivity index (χ3v) is 5.94. The highest BCUT2D eigenvalue weighted by Gasteiger charge is 2.34. The molecule has 1 atom stereocenters. The van der Waals surface area contributed by atoms with Gasteiger partial charge in [0, 0.05) is 28.3 Å². The molecule has 0 aliphatic carbocycles. The van der Waals surface area contributed by atoms with E-state index < -0.39 is 0 Å². The molecule has 3 nitrogen and oxygen atoms in total. The minimum Gasteiger partial charge on any atom is -0.487 e. The molecule has 5 heteroatoms. The lowest BCUT2D eigenvalue weighted by Gasteiger charge is -2.38. The van der Waals surface area contributed by atoms with E-state index in [4.69, 9.17) is 16.3 Å². The van der Waals surface area contributed by atoms with E-state index in [9.17, 15) is 4.79 Å². The summed E-state index contributed by atoms with van der Waals surface area (Å²) in [5.74, 6) is 1.89. The van der Waals surface area contributed by atoms with Gasteiger partial charge >= 0.3 is 0 Å². The van der Waals surface area contributed by atoms with Crippen LogP contribution in [0.1, 0.15) is 50.3 Å². The SMILES string of the molecule is Cc1ccc2c(c1)OC(C)(C)C[C@H]2NC(=O)CCCSc1ccc(Cl)cc1. The molecule has 3 rings (SSSR count). The summed E-state index contributed by atoms with van der Waals surface area (Å²) in [7, 11) is 0. The van der Waals surface area contributed by atoms with Crippen molar-refractivity contribution in [3.8, 4) is 5.75 Å². The Morgan fingerprint density at radius 3 is 2.74 bits per heavy atom. The van der Waals surface area contributed by atoms with E-state index in [0.717, 1.165) is 40.5 Å².